The number of fused-ring (bicyclic) bond motifs is 1. The van der Waals surface area contributed by atoms with Crippen LogP contribution in [0.15, 0.2) is 91.0 Å². The first-order valence-electron chi connectivity index (χ1n) is 12.5. The molecule has 2 unspecified atom stereocenters. The summed E-state index contributed by atoms with van der Waals surface area (Å²) >= 11 is 0. The maximum atomic E-state index is 14.1. The van der Waals surface area contributed by atoms with Crippen LogP contribution in [0.5, 0.6) is 5.75 Å². The minimum atomic E-state index is -1.40. The van der Waals surface area contributed by atoms with Crippen LogP contribution in [0.4, 0.5) is 4.39 Å². The number of nitrogens with one attached hydrogen (secondary N) is 1. The van der Waals surface area contributed by atoms with Crippen LogP contribution in [0.2, 0.25) is 0 Å². The number of benzene rings is 4. The quantitative estimate of drug-likeness (QED) is 0.279. The van der Waals surface area contributed by atoms with E-state index in [0.29, 0.717) is 17.7 Å². The molecule has 4 nitrogen and oxygen atoms in total. The predicted octanol–water partition coefficient (Wildman–Crippen LogP) is 7.17. The van der Waals surface area contributed by atoms with Crippen LogP contribution >= 0.6 is 0 Å². The van der Waals surface area contributed by atoms with Gasteiger partial charge in [0.05, 0.1) is 0 Å². The summed E-state index contributed by atoms with van der Waals surface area (Å²) in [5.41, 5.74) is 2.54. The van der Waals surface area contributed by atoms with Crippen LogP contribution in [0.1, 0.15) is 60.9 Å². The Labute approximate surface area is 210 Å². The van der Waals surface area contributed by atoms with E-state index in [1.54, 1.807) is 18.2 Å². The van der Waals surface area contributed by atoms with Gasteiger partial charge in [-0.1, -0.05) is 72.8 Å². The van der Waals surface area contributed by atoms with Crippen molar-refractivity contribution in [3.63, 3.8) is 0 Å². The minimum Gasteiger partial charge on any atom is -0.478 e. The smallest absolute Gasteiger partial charge is 0.349 e. The zero-order valence-corrected chi connectivity index (χ0v) is 20.2. The molecule has 1 aliphatic rings. The molecule has 0 bridgehead atoms. The zero-order valence-electron chi connectivity index (χ0n) is 20.2. The SMILES string of the molecule is CC(N[C@H]1CC[C@@H](c2ccc(OC(C(=O)O)c3ccccc3F)cc2)C1)c1cccc2ccccc12. The number of hydrogen-bond donors (Lipinski definition) is 2. The second-order valence-corrected chi connectivity index (χ2v) is 9.59. The fraction of sp³-hybridized carbons (Fsp3) is 0.258. The number of aliphatic carboxylic acids is 1. The molecule has 0 saturated heterocycles. The molecular weight excluding hydrogens is 453 g/mol. The number of ether oxygens (including phenoxy) is 1. The summed E-state index contributed by atoms with van der Waals surface area (Å²) in [7, 11) is 0. The lowest BCUT2D eigenvalue weighted by atomic mass is 9.96. The lowest BCUT2D eigenvalue weighted by Gasteiger charge is -2.22. The predicted molar refractivity (Wildman–Crippen MR) is 140 cm³/mol. The zero-order chi connectivity index (χ0) is 25.1. The van der Waals surface area contributed by atoms with Gasteiger partial charge in [-0.05, 0) is 72.2 Å². The van der Waals surface area contributed by atoms with Crippen molar-refractivity contribution in [2.24, 2.45) is 0 Å². The topological polar surface area (TPSA) is 58.6 Å². The van der Waals surface area contributed by atoms with Gasteiger partial charge in [-0.25, -0.2) is 9.18 Å². The molecule has 0 aromatic heterocycles. The number of rotatable bonds is 8. The van der Waals surface area contributed by atoms with Crippen LogP contribution in [-0.2, 0) is 4.79 Å². The van der Waals surface area contributed by atoms with Crippen LogP contribution < -0.4 is 10.1 Å². The lowest BCUT2D eigenvalue weighted by Crippen LogP contribution is -2.29. The molecule has 1 aliphatic carbocycles. The molecule has 0 aliphatic heterocycles. The van der Waals surface area contributed by atoms with Crippen LogP contribution in [0.3, 0.4) is 0 Å². The van der Waals surface area contributed by atoms with E-state index in [1.807, 2.05) is 12.1 Å². The van der Waals surface area contributed by atoms with Gasteiger partial charge >= 0.3 is 5.97 Å². The van der Waals surface area contributed by atoms with Crippen LogP contribution in [0.25, 0.3) is 10.8 Å². The Morgan fingerprint density at radius 2 is 1.61 bits per heavy atom. The summed E-state index contributed by atoms with van der Waals surface area (Å²) in [6.07, 6.45) is 1.84. The van der Waals surface area contributed by atoms with Gasteiger partial charge in [0, 0.05) is 17.6 Å². The van der Waals surface area contributed by atoms with E-state index >= 15 is 0 Å². The highest BCUT2D eigenvalue weighted by atomic mass is 19.1. The molecule has 36 heavy (non-hydrogen) atoms. The van der Waals surface area contributed by atoms with Crippen molar-refractivity contribution >= 4 is 16.7 Å². The van der Waals surface area contributed by atoms with Gasteiger partial charge in [0.1, 0.15) is 11.6 Å². The van der Waals surface area contributed by atoms with Gasteiger partial charge in [-0.15, -0.1) is 0 Å². The maximum absolute atomic E-state index is 14.1. The third-order valence-electron chi connectivity index (χ3n) is 7.23. The van der Waals surface area contributed by atoms with Crippen molar-refractivity contribution in [3.8, 4) is 5.75 Å². The Morgan fingerprint density at radius 1 is 0.917 bits per heavy atom. The Bertz CT molecular complexity index is 1350. The average molecular weight is 484 g/mol. The van der Waals surface area contributed by atoms with E-state index in [0.717, 1.165) is 19.3 Å². The van der Waals surface area contributed by atoms with Crippen molar-refractivity contribution in [3.05, 3.63) is 114 Å². The highest BCUT2D eigenvalue weighted by Crippen LogP contribution is 2.37. The van der Waals surface area contributed by atoms with E-state index in [9.17, 15) is 14.3 Å². The highest BCUT2D eigenvalue weighted by molar-refractivity contribution is 5.86. The van der Waals surface area contributed by atoms with E-state index in [2.05, 4.69) is 54.7 Å². The summed E-state index contributed by atoms with van der Waals surface area (Å²) in [5, 5.41) is 16.0. The largest absolute Gasteiger partial charge is 0.478 e. The van der Waals surface area contributed by atoms with Gasteiger partial charge in [0.2, 0.25) is 6.10 Å². The third kappa shape index (κ3) is 5.12. The molecule has 184 valence electrons. The van der Waals surface area contributed by atoms with E-state index in [1.165, 1.54) is 40.1 Å². The second kappa shape index (κ2) is 10.5. The van der Waals surface area contributed by atoms with Gasteiger partial charge in [-0.3, -0.25) is 0 Å². The van der Waals surface area contributed by atoms with E-state index in [4.69, 9.17) is 4.74 Å². The molecule has 4 aromatic rings. The first-order valence-corrected chi connectivity index (χ1v) is 12.5. The summed E-state index contributed by atoms with van der Waals surface area (Å²) in [4.78, 5) is 11.7. The minimum absolute atomic E-state index is 0.0131. The fourth-order valence-corrected chi connectivity index (χ4v) is 5.40. The van der Waals surface area contributed by atoms with Crippen molar-refractivity contribution in [2.75, 3.05) is 0 Å². The second-order valence-electron chi connectivity index (χ2n) is 9.59. The number of carboxylic acids is 1. The van der Waals surface area contributed by atoms with Crippen LogP contribution in [-0.4, -0.2) is 17.1 Å². The maximum Gasteiger partial charge on any atom is 0.349 e. The molecule has 5 heteroatoms. The first-order chi connectivity index (χ1) is 17.5. The summed E-state index contributed by atoms with van der Waals surface area (Å²) < 4.78 is 19.8. The molecule has 4 aromatic carbocycles. The molecule has 0 heterocycles. The summed E-state index contributed by atoms with van der Waals surface area (Å²) in [6.45, 7) is 2.23. The number of carboxylic acid groups (broad SMARTS) is 1. The molecule has 0 amide bonds. The van der Waals surface area contributed by atoms with Crippen molar-refractivity contribution < 1.29 is 19.0 Å². The number of carbonyl (C=O) groups is 1. The Morgan fingerprint density at radius 3 is 2.39 bits per heavy atom. The van der Waals surface area contributed by atoms with Gasteiger partial charge in [0.25, 0.3) is 0 Å². The molecule has 0 spiro atoms. The van der Waals surface area contributed by atoms with Crippen LogP contribution in [0, 0.1) is 5.82 Å². The molecule has 2 N–H and O–H groups in total. The van der Waals surface area contributed by atoms with E-state index in [-0.39, 0.29) is 11.6 Å². The van der Waals surface area contributed by atoms with Crippen molar-refractivity contribution in [1.29, 1.82) is 0 Å². The summed E-state index contributed by atoms with van der Waals surface area (Å²) in [6, 6.07) is 29.0. The number of hydrogen-bond acceptors (Lipinski definition) is 3. The standard InChI is InChI=1S/C31H30FNO3/c1-20(26-11-6-8-22-7-2-3-9-27(22)26)33-24-16-13-23(19-24)21-14-17-25(18-15-21)36-30(31(34)35)28-10-4-5-12-29(28)32/h2-12,14-15,17-18,20,23-24,30,33H,13,16,19H2,1H3,(H,34,35)/t20?,23-,24+,30?/m1/s1. The van der Waals surface area contributed by atoms with Gasteiger partial charge < -0.3 is 15.2 Å². The van der Waals surface area contributed by atoms with Gasteiger partial charge in [-0.2, -0.15) is 0 Å². The molecule has 4 atom stereocenters. The lowest BCUT2D eigenvalue weighted by molar-refractivity contribution is -0.145. The molecular formula is C31H30FNO3. The Hall–Kier alpha value is -3.70. The van der Waals surface area contributed by atoms with Crippen molar-refractivity contribution in [2.45, 2.75) is 50.3 Å². The summed E-state index contributed by atoms with van der Waals surface area (Å²) in [5.74, 6) is -0.984. The normalized spacial score (nSPS) is 19.2. The Kier molecular flexibility index (Phi) is 7.01. The van der Waals surface area contributed by atoms with Gasteiger partial charge in [0.15, 0.2) is 0 Å². The first kappa shape index (κ1) is 24.0. The Balaban J connectivity index is 1.22. The fourth-order valence-electron chi connectivity index (χ4n) is 5.40. The van der Waals surface area contributed by atoms with E-state index < -0.39 is 17.9 Å². The molecule has 1 fully saturated rings. The highest BCUT2D eigenvalue weighted by Gasteiger charge is 2.28. The molecule has 0 radical (unpaired) electrons. The number of halogens is 1. The molecule has 1 saturated carbocycles. The third-order valence-corrected chi connectivity index (χ3v) is 7.23. The monoisotopic (exact) mass is 483 g/mol. The average Bonchev–Trinajstić information content (AvgIpc) is 3.36. The molecule has 5 rings (SSSR count). The van der Waals surface area contributed by atoms with Crippen molar-refractivity contribution in [1.82, 2.24) is 5.32 Å².